The summed E-state index contributed by atoms with van der Waals surface area (Å²) in [7, 11) is 0. The maximum atomic E-state index is 13.0. The van der Waals surface area contributed by atoms with E-state index in [0.717, 1.165) is 18.7 Å². The summed E-state index contributed by atoms with van der Waals surface area (Å²) in [5.41, 5.74) is 3.43. The third-order valence-corrected chi connectivity index (χ3v) is 3.86. The molecule has 3 heteroatoms. The molecular formula is C16H16FNO. The highest BCUT2D eigenvalue weighted by Crippen LogP contribution is 2.34. The van der Waals surface area contributed by atoms with E-state index in [1.54, 1.807) is 6.07 Å². The zero-order valence-electron chi connectivity index (χ0n) is 10.8. The first-order valence-electron chi connectivity index (χ1n) is 6.44. The van der Waals surface area contributed by atoms with Crippen molar-refractivity contribution in [2.75, 3.05) is 0 Å². The van der Waals surface area contributed by atoms with E-state index >= 15 is 0 Å². The van der Waals surface area contributed by atoms with Gasteiger partial charge in [-0.05, 0) is 24.1 Å². The van der Waals surface area contributed by atoms with E-state index < -0.39 is 5.82 Å². The Balaban J connectivity index is 1.85. The fourth-order valence-electron chi connectivity index (χ4n) is 2.70. The van der Waals surface area contributed by atoms with Crippen LogP contribution in [0.2, 0.25) is 0 Å². The highest BCUT2D eigenvalue weighted by molar-refractivity contribution is 5.37. The Morgan fingerprint density at radius 3 is 2.32 bits per heavy atom. The van der Waals surface area contributed by atoms with E-state index in [-0.39, 0.29) is 11.8 Å². The molecule has 1 aliphatic heterocycles. The van der Waals surface area contributed by atoms with Gasteiger partial charge in [0.05, 0.1) is 0 Å². The molecule has 1 heterocycles. The molecule has 19 heavy (non-hydrogen) atoms. The van der Waals surface area contributed by atoms with E-state index in [1.165, 1.54) is 23.3 Å². The van der Waals surface area contributed by atoms with Gasteiger partial charge in [0.1, 0.15) is 11.6 Å². The monoisotopic (exact) mass is 257 g/mol. The molecule has 1 N–H and O–H groups in total. The van der Waals surface area contributed by atoms with Crippen molar-refractivity contribution in [2.45, 2.75) is 26.1 Å². The summed E-state index contributed by atoms with van der Waals surface area (Å²) in [5, 5.41) is 9.87. The number of hydrogen-bond acceptors (Lipinski definition) is 2. The first-order valence-corrected chi connectivity index (χ1v) is 6.44. The van der Waals surface area contributed by atoms with Crippen molar-refractivity contribution in [1.29, 1.82) is 0 Å². The maximum absolute atomic E-state index is 13.0. The predicted molar refractivity (Wildman–Crippen MR) is 72.2 cm³/mol. The Bertz CT molecular complexity index is 586. The van der Waals surface area contributed by atoms with Crippen LogP contribution in [0.3, 0.4) is 0 Å². The summed E-state index contributed by atoms with van der Waals surface area (Å²) in [6.45, 7) is 3.78. The van der Waals surface area contributed by atoms with Crippen LogP contribution in [-0.2, 0) is 13.1 Å². The van der Waals surface area contributed by atoms with Gasteiger partial charge >= 0.3 is 0 Å². The second-order valence-electron chi connectivity index (χ2n) is 5.05. The molecule has 0 saturated heterocycles. The molecule has 3 rings (SSSR count). The van der Waals surface area contributed by atoms with Crippen molar-refractivity contribution in [1.82, 2.24) is 4.90 Å². The lowest BCUT2D eigenvalue weighted by Crippen LogP contribution is -2.20. The summed E-state index contributed by atoms with van der Waals surface area (Å²) < 4.78 is 13.0. The van der Waals surface area contributed by atoms with Crippen molar-refractivity contribution in [3.05, 3.63) is 65.0 Å². The largest absolute Gasteiger partial charge is 0.508 e. The molecule has 1 atom stereocenters. The van der Waals surface area contributed by atoms with Crippen molar-refractivity contribution in [2.24, 2.45) is 0 Å². The van der Waals surface area contributed by atoms with Gasteiger partial charge in [0.15, 0.2) is 0 Å². The maximum Gasteiger partial charge on any atom is 0.126 e. The molecule has 2 aromatic carbocycles. The fraction of sp³-hybridized carbons (Fsp3) is 0.250. The number of aromatic hydroxyl groups is 1. The molecular weight excluding hydrogens is 241 g/mol. The standard InChI is InChI=1S/C16H16FNO/c1-11(15-7-6-14(17)8-16(15)19)18-9-12-4-2-3-5-13(12)10-18/h2-8,11,19H,9-10H2,1H3. The molecule has 0 fully saturated rings. The Hall–Kier alpha value is -1.87. The molecule has 0 aliphatic carbocycles. The molecule has 2 nitrogen and oxygen atoms in total. The van der Waals surface area contributed by atoms with Crippen LogP contribution in [0.4, 0.5) is 4.39 Å². The summed E-state index contributed by atoms with van der Waals surface area (Å²) in [6.07, 6.45) is 0. The van der Waals surface area contributed by atoms with Gasteiger partial charge in [-0.15, -0.1) is 0 Å². The zero-order chi connectivity index (χ0) is 13.4. The van der Waals surface area contributed by atoms with Gasteiger partial charge < -0.3 is 5.11 Å². The zero-order valence-corrected chi connectivity index (χ0v) is 10.8. The average molecular weight is 257 g/mol. The summed E-state index contributed by atoms with van der Waals surface area (Å²) >= 11 is 0. The van der Waals surface area contributed by atoms with Crippen molar-refractivity contribution in [3.63, 3.8) is 0 Å². The third kappa shape index (κ3) is 2.22. The Morgan fingerprint density at radius 1 is 1.11 bits per heavy atom. The van der Waals surface area contributed by atoms with Gasteiger partial charge in [0.25, 0.3) is 0 Å². The van der Waals surface area contributed by atoms with Gasteiger partial charge in [-0.1, -0.05) is 30.3 Å². The highest BCUT2D eigenvalue weighted by atomic mass is 19.1. The Labute approximate surface area is 112 Å². The number of benzene rings is 2. The molecule has 0 bridgehead atoms. The molecule has 1 aliphatic rings. The number of halogens is 1. The van der Waals surface area contributed by atoms with E-state index in [9.17, 15) is 9.50 Å². The number of rotatable bonds is 2. The topological polar surface area (TPSA) is 23.5 Å². The summed E-state index contributed by atoms with van der Waals surface area (Å²) in [6, 6.07) is 12.7. The molecule has 0 radical (unpaired) electrons. The normalized spacial score (nSPS) is 16.3. The molecule has 0 aromatic heterocycles. The summed E-state index contributed by atoms with van der Waals surface area (Å²) in [5.74, 6) is -0.374. The van der Waals surface area contributed by atoms with E-state index in [0.29, 0.717) is 0 Å². The lowest BCUT2D eigenvalue weighted by Gasteiger charge is -2.24. The number of nitrogens with zero attached hydrogens (tertiary/aromatic N) is 1. The van der Waals surface area contributed by atoms with Crippen LogP contribution in [0.25, 0.3) is 0 Å². The van der Waals surface area contributed by atoms with Crippen LogP contribution in [0.15, 0.2) is 42.5 Å². The van der Waals surface area contributed by atoms with Crippen LogP contribution in [-0.4, -0.2) is 10.0 Å². The van der Waals surface area contributed by atoms with E-state index in [2.05, 4.69) is 17.0 Å². The summed E-state index contributed by atoms with van der Waals surface area (Å²) in [4.78, 5) is 2.28. The third-order valence-electron chi connectivity index (χ3n) is 3.86. The molecule has 0 amide bonds. The Morgan fingerprint density at radius 2 is 1.74 bits per heavy atom. The molecule has 2 aromatic rings. The number of phenolic OH excluding ortho intramolecular Hbond substituents is 1. The minimum Gasteiger partial charge on any atom is -0.508 e. The quantitative estimate of drug-likeness (QED) is 0.888. The second kappa shape index (κ2) is 4.67. The molecule has 0 saturated carbocycles. The first kappa shape index (κ1) is 12.2. The Kier molecular flexibility index (Phi) is 2.99. The van der Waals surface area contributed by atoms with Crippen molar-refractivity contribution in [3.8, 4) is 5.75 Å². The van der Waals surface area contributed by atoms with Crippen LogP contribution in [0.1, 0.15) is 29.7 Å². The van der Waals surface area contributed by atoms with Crippen LogP contribution in [0, 0.1) is 5.82 Å². The van der Waals surface area contributed by atoms with Gasteiger partial charge in [-0.3, -0.25) is 4.90 Å². The molecule has 0 spiro atoms. The molecule has 98 valence electrons. The van der Waals surface area contributed by atoms with Crippen LogP contribution in [0.5, 0.6) is 5.75 Å². The minimum absolute atomic E-state index is 0.0310. The fourth-order valence-corrected chi connectivity index (χ4v) is 2.70. The first-order chi connectivity index (χ1) is 9.15. The molecule has 1 unspecified atom stereocenters. The van der Waals surface area contributed by atoms with E-state index in [4.69, 9.17) is 0 Å². The van der Waals surface area contributed by atoms with Gasteiger partial charge in [0, 0.05) is 30.8 Å². The van der Waals surface area contributed by atoms with Gasteiger partial charge in [-0.25, -0.2) is 4.39 Å². The highest BCUT2D eigenvalue weighted by Gasteiger charge is 2.25. The number of fused-ring (bicyclic) bond motifs is 1. The lowest BCUT2D eigenvalue weighted by atomic mass is 10.1. The van der Waals surface area contributed by atoms with Gasteiger partial charge in [-0.2, -0.15) is 0 Å². The number of hydrogen-bond donors (Lipinski definition) is 1. The predicted octanol–water partition coefficient (Wildman–Crippen LogP) is 3.61. The van der Waals surface area contributed by atoms with Gasteiger partial charge in [0.2, 0.25) is 0 Å². The minimum atomic E-state index is -0.404. The average Bonchev–Trinajstić information content (AvgIpc) is 2.81. The van der Waals surface area contributed by atoms with Crippen LogP contribution >= 0.6 is 0 Å². The second-order valence-corrected chi connectivity index (χ2v) is 5.05. The van der Waals surface area contributed by atoms with Crippen molar-refractivity contribution >= 4 is 0 Å². The van der Waals surface area contributed by atoms with Crippen molar-refractivity contribution < 1.29 is 9.50 Å². The smallest absolute Gasteiger partial charge is 0.126 e. The SMILES string of the molecule is CC(c1ccc(F)cc1O)N1Cc2ccccc2C1. The number of phenols is 1. The lowest BCUT2D eigenvalue weighted by molar-refractivity contribution is 0.211. The van der Waals surface area contributed by atoms with Crippen LogP contribution < -0.4 is 0 Å². The van der Waals surface area contributed by atoms with E-state index in [1.807, 2.05) is 19.1 Å².